The fraction of sp³-hybridized carbons (Fsp3) is 0.154. The summed E-state index contributed by atoms with van der Waals surface area (Å²) in [7, 11) is 0. The molecule has 0 saturated heterocycles. The van der Waals surface area contributed by atoms with Crippen molar-refractivity contribution in [3.05, 3.63) is 78.4 Å². The molecule has 1 atom stereocenters. The second kappa shape index (κ2) is 11.3. The first-order valence-electron chi connectivity index (χ1n) is 11.4. The zero-order valence-corrected chi connectivity index (χ0v) is 21.4. The number of urea groups is 1. The number of benzene rings is 3. The Morgan fingerprint density at radius 1 is 0.973 bits per heavy atom. The predicted molar refractivity (Wildman–Crippen MR) is 144 cm³/mol. The lowest BCUT2D eigenvalue weighted by molar-refractivity contribution is -0.117. The first kappa shape index (κ1) is 24.6. The molecule has 0 unspecified atom stereocenters. The van der Waals surface area contributed by atoms with Crippen molar-refractivity contribution in [3.63, 3.8) is 0 Å². The summed E-state index contributed by atoms with van der Waals surface area (Å²) in [6, 6.07) is 21.1. The van der Waals surface area contributed by atoms with E-state index in [1.54, 1.807) is 11.8 Å². The van der Waals surface area contributed by atoms with Gasteiger partial charge >= 0.3 is 6.03 Å². The Bertz CT molecular complexity index is 1400. The van der Waals surface area contributed by atoms with Gasteiger partial charge in [-0.15, -0.1) is 22.0 Å². The van der Waals surface area contributed by atoms with E-state index in [4.69, 9.17) is 9.47 Å². The standard InChI is InChI=1S/C26H23N5O4S2/c1-36-19-10-8-18(9-11-19)27-25(33)28-20(13-16-5-3-2-4-6-16)23(32)29-26-31-30-24(37-26)17-7-12-21-22(14-17)35-15-34-21/h2-12,14,20H,13,15H2,1H3,(H2,27,28,33)(H,29,31,32)/t20-/m0/s1. The summed E-state index contributed by atoms with van der Waals surface area (Å²) in [6.45, 7) is 0.183. The molecule has 1 aliphatic rings. The van der Waals surface area contributed by atoms with Gasteiger partial charge in [0.15, 0.2) is 11.5 Å². The zero-order chi connectivity index (χ0) is 25.6. The molecule has 9 nitrogen and oxygen atoms in total. The van der Waals surface area contributed by atoms with Crippen molar-refractivity contribution in [2.45, 2.75) is 17.4 Å². The Kier molecular flexibility index (Phi) is 7.52. The molecule has 1 aromatic heterocycles. The summed E-state index contributed by atoms with van der Waals surface area (Å²) >= 11 is 2.84. The molecule has 0 radical (unpaired) electrons. The number of carbonyl (C=O) groups is 2. The number of hydrogen-bond donors (Lipinski definition) is 3. The van der Waals surface area contributed by atoms with E-state index >= 15 is 0 Å². The lowest BCUT2D eigenvalue weighted by Gasteiger charge is -2.18. The summed E-state index contributed by atoms with van der Waals surface area (Å²) < 4.78 is 10.8. The number of aromatic nitrogens is 2. The monoisotopic (exact) mass is 533 g/mol. The summed E-state index contributed by atoms with van der Waals surface area (Å²) in [5, 5.41) is 17.6. The van der Waals surface area contributed by atoms with Gasteiger partial charge < -0.3 is 20.1 Å². The fourth-order valence-corrected chi connectivity index (χ4v) is 4.82. The van der Waals surface area contributed by atoms with Crippen LogP contribution in [0.3, 0.4) is 0 Å². The molecule has 3 aromatic carbocycles. The first-order chi connectivity index (χ1) is 18.1. The highest BCUT2D eigenvalue weighted by atomic mass is 32.2. The van der Waals surface area contributed by atoms with Crippen LogP contribution < -0.4 is 25.4 Å². The molecule has 2 heterocycles. The van der Waals surface area contributed by atoms with E-state index < -0.39 is 18.0 Å². The van der Waals surface area contributed by atoms with Crippen LogP contribution in [0.1, 0.15) is 5.56 Å². The van der Waals surface area contributed by atoms with Crippen LogP contribution in [-0.2, 0) is 11.2 Å². The lowest BCUT2D eigenvalue weighted by atomic mass is 10.1. The van der Waals surface area contributed by atoms with Gasteiger partial charge in [0.25, 0.3) is 0 Å². The largest absolute Gasteiger partial charge is 0.454 e. The summed E-state index contributed by atoms with van der Waals surface area (Å²) in [5.74, 6) is 0.916. The number of fused-ring (bicyclic) bond motifs is 1. The minimum absolute atomic E-state index is 0.183. The van der Waals surface area contributed by atoms with E-state index in [9.17, 15) is 9.59 Å². The Morgan fingerprint density at radius 3 is 2.54 bits per heavy atom. The predicted octanol–water partition coefficient (Wildman–Crippen LogP) is 5.03. The molecule has 0 aliphatic carbocycles. The van der Waals surface area contributed by atoms with Gasteiger partial charge in [-0.2, -0.15) is 0 Å². The number of ether oxygens (including phenoxy) is 2. The first-order valence-corrected chi connectivity index (χ1v) is 13.4. The van der Waals surface area contributed by atoms with Crippen molar-refractivity contribution < 1.29 is 19.1 Å². The number of rotatable bonds is 8. The summed E-state index contributed by atoms with van der Waals surface area (Å²) in [5.41, 5.74) is 2.34. The van der Waals surface area contributed by atoms with Crippen LogP contribution in [0.2, 0.25) is 0 Å². The zero-order valence-electron chi connectivity index (χ0n) is 19.8. The molecular formula is C26H23N5O4S2. The Morgan fingerprint density at radius 2 is 1.76 bits per heavy atom. The van der Waals surface area contributed by atoms with Crippen LogP contribution in [0.4, 0.5) is 15.6 Å². The van der Waals surface area contributed by atoms with E-state index in [2.05, 4.69) is 26.1 Å². The molecule has 11 heteroatoms. The van der Waals surface area contributed by atoms with E-state index in [1.165, 1.54) is 11.3 Å². The summed E-state index contributed by atoms with van der Waals surface area (Å²) in [6.07, 6.45) is 2.29. The van der Waals surface area contributed by atoms with E-state index in [-0.39, 0.29) is 6.79 Å². The third kappa shape index (κ3) is 6.19. The van der Waals surface area contributed by atoms with Gasteiger partial charge in [-0.1, -0.05) is 41.7 Å². The Hall–Kier alpha value is -4.09. The van der Waals surface area contributed by atoms with Gasteiger partial charge in [-0.25, -0.2) is 4.79 Å². The van der Waals surface area contributed by atoms with Crippen LogP contribution >= 0.6 is 23.1 Å². The van der Waals surface area contributed by atoms with E-state index in [0.29, 0.717) is 33.7 Å². The van der Waals surface area contributed by atoms with Crippen LogP contribution in [0.25, 0.3) is 10.6 Å². The van der Waals surface area contributed by atoms with Crippen LogP contribution in [-0.4, -0.2) is 41.2 Å². The maximum Gasteiger partial charge on any atom is 0.319 e. The molecule has 3 N–H and O–H groups in total. The van der Waals surface area contributed by atoms with Crippen LogP contribution in [0.15, 0.2) is 77.7 Å². The lowest BCUT2D eigenvalue weighted by Crippen LogP contribution is -2.46. The number of carbonyl (C=O) groups excluding carboxylic acids is 2. The molecule has 0 saturated carbocycles. The number of nitrogens with one attached hydrogen (secondary N) is 3. The molecule has 3 amide bonds. The number of anilines is 2. The average Bonchev–Trinajstić information content (AvgIpc) is 3.58. The minimum atomic E-state index is -0.842. The van der Waals surface area contributed by atoms with E-state index in [1.807, 2.05) is 79.1 Å². The normalized spacial score (nSPS) is 12.6. The average molecular weight is 534 g/mol. The molecular weight excluding hydrogens is 510 g/mol. The SMILES string of the molecule is CSc1ccc(NC(=O)N[C@@H](Cc2ccccc2)C(=O)Nc2nnc(-c3ccc4c(c3)OCO4)s2)cc1. The third-order valence-electron chi connectivity index (χ3n) is 5.53. The number of hydrogen-bond acceptors (Lipinski definition) is 8. The van der Waals surface area contributed by atoms with Crippen molar-refractivity contribution in [2.24, 2.45) is 0 Å². The smallest absolute Gasteiger partial charge is 0.319 e. The molecule has 4 aromatic rings. The van der Waals surface area contributed by atoms with Gasteiger partial charge in [-0.05, 0) is 54.3 Å². The quantitative estimate of drug-likeness (QED) is 0.272. The minimum Gasteiger partial charge on any atom is -0.454 e. The van der Waals surface area contributed by atoms with Crippen LogP contribution in [0, 0.1) is 0 Å². The van der Waals surface area contributed by atoms with Gasteiger partial charge in [0, 0.05) is 22.6 Å². The molecule has 1 aliphatic heterocycles. The van der Waals surface area contributed by atoms with Gasteiger partial charge in [-0.3, -0.25) is 10.1 Å². The number of nitrogens with zero attached hydrogens (tertiary/aromatic N) is 2. The van der Waals surface area contributed by atoms with Gasteiger partial charge in [0.2, 0.25) is 17.8 Å². The molecule has 5 rings (SSSR count). The van der Waals surface area contributed by atoms with Crippen LogP contribution in [0.5, 0.6) is 11.5 Å². The molecule has 0 spiro atoms. The van der Waals surface area contributed by atoms with Crippen molar-refractivity contribution >= 4 is 45.9 Å². The van der Waals surface area contributed by atoms with Crippen molar-refractivity contribution in [2.75, 3.05) is 23.7 Å². The fourth-order valence-electron chi connectivity index (χ4n) is 3.67. The maximum absolute atomic E-state index is 13.2. The molecule has 37 heavy (non-hydrogen) atoms. The highest BCUT2D eigenvalue weighted by molar-refractivity contribution is 7.98. The van der Waals surface area contributed by atoms with Gasteiger partial charge in [0.1, 0.15) is 11.0 Å². The highest BCUT2D eigenvalue weighted by Crippen LogP contribution is 2.37. The molecule has 0 bridgehead atoms. The summed E-state index contributed by atoms with van der Waals surface area (Å²) in [4.78, 5) is 27.1. The maximum atomic E-state index is 13.2. The van der Waals surface area contributed by atoms with Gasteiger partial charge in [0.05, 0.1) is 0 Å². The van der Waals surface area contributed by atoms with Crippen molar-refractivity contribution in [3.8, 4) is 22.1 Å². The third-order valence-corrected chi connectivity index (χ3v) is 7.16. The Balaban J connectivity index is 1.28. The molecule has 188 valence electrons. The number of thioether (sulfide) groups is 1. The van der Waals surface area contributed by atoms with Crippen molar-refractivity contribution in [1.29, 1.82) is 0 Å². The van der Waals surface area contributed by atoms with E-state index in [0.717, 1.165) is 16.0 Å². The number of amides is 3. The second-order valence-electron chi connectivity index (χ2n) is 8.04. The topological polar surface area (TPSA) is 114 Å². The molecule has 0 fully saturated rings. The van der Waals surface area contributed by atoms with Crippen molar-refractivity contribution in [1.82, 2.24) is 15.5 Å². The Labute approximate surface area is 221 Å². The second-order valence-corrected chi connectivity index (χ2v) is 9.90. The highest BCUT2D eigenvalue weighted by Gasteiger charge is 2.23.